The third kappa shape index (κ3) is 3.54. The van der Waals surface area contributed by atoms with Gasteiger partial charge in [0.25, 0.3) is 5.69 Å². The first kappa shape index (κ1) is 15.2. The number of non-ortho nitro benzene ring substituents is 1. The highest BCUT2D eigenvalue weighted by atomic mass is 16.6. The van der Waals surface area contributed by atoms with Crippen LogP contribution in [-0.4, -0.2) is 20.9 Å². The third-order valence-electron chi connectivity index (χ3n) is 3.85. The molecule has 1 atom stereocenters. The monoisotopic (exact) mass is 310 g/mol. The summed E-state index contributed by atoms with van der Waals surface area (Å²) in [4.78, 5) is 14.8. The first-order chi connectivity index (χ1) is 11.1. The molecule has 6 heteroatoms. The van der Waals surface area contributed by atoms with Gasteiger partial charge >= 0.3 is 0 Å². The average molecular weight is 310 g/mol. The molecule has 0 aliphatic heterocycles. The summed E-state index contributed by atoms with van der Waals surface area (Å²) in [6, 6.07) is 12.7. The van der Waals surface area contributed by atoms with Gasteiger partial charge in [-0.25, -0.2) is 4.98 Å². The van der Waals surface area contributed by atoms with Crippen molar-refractivity contribution < 1.29 is 4.92 Å². The zero-order valence-corrected chi connectivity index (χ0v) is 12.8. The Morgan fingerprint density at radius 2 is 2.04 bits per heavy atom. The predicted octanol–water partition coefficient (Wildman–Crippen LogP) is 3.14. The van der Waals surface area contributed by atoms with Crippen LogP contribution in [0, 0.1) is 10.1 Å². The zero-order chi connectivity index (χ0) is 16.2. The average Bonchev–Trinajstić information content (AvgIpc) is 2.97. The Bertz CT molecular complexity index is 778. The molecule has 3 aromatic rings. The molecule has 6 nitrogen and oxygen atoms in total. The fourth-order valence-electron chi connectivity index (χ4n) is 2.53. The molecule has 118 valence electrons. The predicted molar refractivity (Wildman–Crippen MR) is 88.4 cm³/mol. The van der Waals surface area contributed by atoms with E-state index in [4.69, 9.17) is 0 Å². The summed E-state index contributed by atoms with van der Waals surface area (Å²) in [5.74, 6) is 0. The maximum atomic E-state index is 10.7. The Morgan fingerprint density at radius 1 is 1.26 bits per heavy atom. The van der Waals surface area contributed by atoms with Crippen molar-refractivity contribution >= 4 is 11.3 Å². The van der Waals surface area contributed by atoms with Crippen LogP contribution >= 0.6 is 0 Å². The Hall–Kier alpha value is -2.73. The maximum Gasteiger partial charge on any atom is 0.269 e. The molecule has 0 radical (unpaired) electrons. The molecule has 0 bridgehead atoms. The van der Waals surface area contributed by atoms with E-state index in [0.717, 1.165) is 29.9 Å². The Kier molecular flexibility index (Phi) is 4.34. The third-order valence-corrected chi connectivity index (χ3v) is 3.85. The van der Waals surface area contributed by atoms with E-state index >= 15 is 0 Å². The molecular formula is C17H18N4O2. The highest BCUT2D eigenvalue weighted by Crippen LogP contribution is 2.17. The van der Waals surface area contributed by atoms with Crippen LogP contribution in [0.5, 0.6) is 0 Å². The molecule has 0 spiro atoms. The van der Waals surface area contributed by atoms with Gasteiger partial charge in [-0.15, -0.1) is 0 Å². The fourth-order valence-corrected chi connectivity index (χ4v) is 2.53. The van der Waals surface area contributed by atoms with Gasteiger partial charge in [-0.1, -0.05) is 18.2 Å². The maximum absolute atomic E-state index is 10.7. The quantitative estimate of drug-likeness (QED) is 0.561. The zero-order valence-electron chi connectivity index (χ0n) is 12.8. The number of nitrogens with one attached hydrogen (secondary N) is 1. The summed E-state index contributed by atoms with van der Waals surface area (Å²) in [7, 11) is 0. The number of benzene rings is 1. The van der Waals surface area contributed by atoms with Crippen LogP contribution in [0.3, 0.4) is 0 Å². The molecule has 0 saturated heterocycles. The van der Waals surface area contributed by atoms with E-state index < -0.39 is 0 Å². The van der Waals surface area contributed by atoms with Crippen molar-refractivity contribution in [3.63, 3.8) is 0 Å². The van der Waals surface area contributed by atoms with Crippen molar-refractivity contribution in [3.8, 4) is 0 Å². The molecule has 0 aliphatic rings. The van der Waals surface area contributed by atoms with Gasteiger partial charge in [0.1, 0.15) is 5.65 Å². The molecule has 0 saturated carbocycles. The molecular weight excluding hydrogens is 292 g/mol. The summed E-state index contributed by atoms with van der Waals surface area (Å²) >= 11 is 0. The molecule has 0 fully saturated rings. The van der Waals surface area contributed by atoms with Crippen LogP contribution < -0.4 is 5.32 Å². The first-order valence-electron chi connectivity index (χ1n) is 7.54. The van der Waals surface area contributed by atoms with Crippen molar-refractivity contribution in [1.82, 2.24) is 14.7 Å². The molecule has 3 rings (SSSR count). The van der Waals surface area contributed by atoms with E-state index in [2.05, 4.69) is 10.3 Å². The van der Waals surface area contributed by atoms with Gasteiger partial charge in [0.2, 0.25) is 0 Å². The van der Waals surface area contributed by atoms with E-state index in [1.807, 2.05) is 41.9 Å². The Labute approximate surface area is 133 Å². The lowest BCUT2D eigenvalue weighted by Crippen LogP contribution is -2.21. The van der Waals surface area contributed by atoms with Gasteiger partial charge in [0, 0.05) is 43.5 Å². The van der Waals surface area contributed by atoms with Crippen LogP contribution in [0.25, 0.3) is 5.65 Å². The number of imidazole rings is 1. The minimum Gasteiger partial charge on any atom is -0.310 e. The number of rotatable bonds is 6. The Balaban J connectivity index is 1.56. The van der Waals surface area contributed by atoms with Crippen LogP contribution in [0.15, 0.2) is 54.9 Å². The molecule has 2 aromatic heterocycles. The minimum absolute atomic E-state index is 0.116. The van der Waals surface area contributed by atoms with Gasteiger partial charge in [-0.05, 0) is 24.6 Å². The SMILES string of the molecule is C[C@@H](NCCc1cn2ccccc2n1)c1ccc([N+](=O)[O-])cc1. The van der Waals surface area contributed by atoms with Crippen LogP contribution in [0.1, 0.15) is 24.2 Å². The lowest BCUT2D eigenvalue weighted by Gasteiger charge is -2.13. The van der Waals surface area contributed by atoms with Gasteiger partial charge in [0.05, 0.1) is 10.6 Å². The molecule has 0 amide bonds. The van der Waals surface area contributed by atoms with E-state index in [-0.39, 0.29) is 16.7 Å². The van der Waals surface area contributed by atoms with E-state index in [1.165, 1.54) is 12.1 Å². The summed E-state index contributed by atoms with van der Waals surface area (Å²) in [5, 5.41) is 14.1. The highest BCUT2D eigenvalue weighted by molar-refractivity contribution is 5.39. The van der Waals surface area contributed by atoms with Crippen molar-refractivity contribution in [2.24, 2.45) is 0 Å². The second-order valence-electron chi connectivity index (χ2n) is 5.47. The van der Waals surface area contributed by atoms with Gasteiger partial charge in [-0.3, -0.25) is 10.1 Å². The van der Waals surface area contributed by atoms with Crippen molar-refractivity contribution in [3.05, 3.63) is 76.2 Å². The number of fused-ring (bicyclic) bond motifs is 1. The fraction of sp³-hybridized carbons (Fsp3) is 0.235. The number of nitro benzene ring substituents is 1. The van der Waals surface area contributed by atoms with E-state index in [1.54, 1.807) is 12.1 Å². The molecule has 2 heterocycles. The van der Waals surface area contributed by atoms with E-state index in [0.29, 0.717) is 0 Å². The van der Waals surface area contributed by atoms with Crippen LogP contribution in [-0.2, 0) is 6.42 Å². The molecule has 1 N–H and O–H groups in total. The van der Waals surface area contributed by atoms with Crippen molar-refractivity contribution in [1.29, 1.82) is 0 Å². The second kappa shape index (κ2) is 6.58. The Morgan fingerprint density at radius 3 is 2.74 bits per heavy atom. The van der Waals surface area contributed by atoms with Crippen LogP contribution in [0.4, 0.5) is 5.69 Å². The summed E-state index contributed by atoms with van der Waals surface area (Å²) in [5.41, 5.74) is 3.14. The summed E-state index contributed by atoms with van der Waals surface area (Å²) in [6.07, 6.45) is 4.85. The summed E-state index contributed by atoms with van der Waals surface area (Å²) < 4.78 is 2.01. The largest absolute Gasteiger partial charge is 0.310 e. The van der Waals surface area contributed by atoms with Crippen LogP contribution in [0.2, 0.25) is 0 Å². The second-order valence-corrected chi connectivity index (χ2v) is 5.47. The number of nitro groups is 1. The number of pyridine rings is 1. The number of nitrogens with zero attached hydrogens (tertiary/aromatic N) is 3. The van der Waals surface area contributed by atoms with Gasteiger partial charge in [-0.2, -0.15) is 0 Å². The minimum atomic E-state index is -0.384. The van der Waals surface area contributed by atoms with Crippen molar-refractivity contribution in [2.75, 3.05) is 6.54 Å². The normalized spacial score (nSPS) is 12.4. The number of hydrogen-bond donors (Lipinski definition) is 1. The highest BCUT2D eigenvalue weighted by Gasteiger charge is 2.09. The standard InChI is InChI=1S/C17H18N4O2/c1-13(14-5-7-16(8-6-14)21(22)23)18-10-9-15-12-20-11-3-2-4-17(20)19-15/h2-8,11-13,18H,9-10H2,1H3/t13-/m1/s1. The number of hydrogen-bond acceptors (Lipinski definition) is 4. The smallest absolute Gasteiger partial charge is 0.269 e. The first-order valence-corrected chi connectivity index (χ1v) is 7.54. The lowest BCUT2D eigenvalue weighted by molar-refractivity contribution is -0.384. The lowest BCUT2D eigenvalue weighted by atomic mass is 10.1. The van der Waals surface area contributed by atoms with Gasteiger partial charge in [0.15, 0.2) is 0 Å². The van der Waals surface area contributed by atoms with Crippen molar-refractivity contribution in [2.45, 2.75) is 19.4 Å². The van der Waals surface area contributed by atoms with Gasteiger partial charge < -0.3 is 9.72 Å². The molecule has 0 aliphatic carbocycles. The topological polar surface area (TPSA) is 72.5 Å². The molecule has 1 aromatic carbocycles. The molecule has 23 heavy (non-hydrogen) atoms. The summed E-state index contributed by atoms with van der Waals surface area (Å²) in [6.45, 7) is 2.84. The van der Waals surface area contributed by atoms with E-state index in [9.17, 15) is 10.1 Å². The molecule has 0 unspecified atom stereocenters. The number of aromatic nitrogens is 2.